The van der Waals surface area contributed by atoms with Gasteiger partial charge in [-0.3, -0.25) is 4.68 Å². The number of nitrogens with one attached hydrogen (secondary N) is 1. The second-order valence-electron chi connectivity index (χ2n) is 3.17. The first-order valence-electron chi connectivity index (χ1n) is 4.83. The molecule has 0 bridgehead atoms. The van der Waals surface area contributed by atoms with Gasteiger partial charge in [-0.05, 0) is 6.07 Å². The Morgan fingerprint density at radius 1 is 1.53 bits per heavy atom. The minimum absolute atomic E-state index is 0.731. The zero-order valence-electron chi connectivity index (χ0n) is 8.77. The molecule has 0 unspecified atom stereocenters. The lowest BCUT2D eigenvalue weighted by Crippen LogP contribution is -2.05. The van der Waals surface area contributed by atoms with Crippen LogP contribution in [0.2, 0.25) is 0 Å². The Kier molecular flexibility index (Phi) is 2.96. The first-order valence-corrected chi connectivity index (χ1v) is 5.60. The van der Waals surface area contributed by atoms with Crippen molar-refractivity contribution in [3.63, 3.8) is 0 Å². The number of rotatable bonds is 4. The number of nitrogens with zero attached hydrogens (tertiary/aromatic N) is 4. The summed E-state index contributed by atoms with van der Waals surface area (Å²) in [6.45, 7) is 2.78. The molecule has 2 heterocycles. The highest BCUT2D eigenvalue weighted by Gasteiger charge is 2.02. The average molecular weight is 223 g/mol. The molecule has 2 aromatic rings. The molecule has 0 atom stereocenters. The van der Waals surface area contributed by atoms with E-state index in [2.05, 4.69) is 19.8 Å². The standard InChI is InChI=1S/C9H13N5S/c1-3-8-12-9(15-13-8)10-6-7-4-5-11-14(7)2/h4-5H,3,6H2,1-2H3,(H,10,12,13). The van der Waals surface area contributed by atoms with Crippen LogP contribution in [0.1, 0.15) is 18.4 Å². The fourth-order valence-electron chi connectivity index (χ4n) is 1.21. The second-order valence-corrected chi connectivity index (χ2v) is 3.92. The number of hydrogen-bond donors (Lipinski definition) is 1. The normalized spacial score (nSPS) is 10.5. The topological polar surface area (TPSA) is 55.6 Å². The maximum atomic E-state index is 4.32. The Labute approximate surface area is 92.3 Å². The molecule has 0 spiro atoms. The quantitative estimate of drug-likeness (QED) is 0.852. The van der Waals surface area contributed by atoms with Crippen molar-refractivity contribution in [1.82, 2.24) is 19.1 Å². The molecule has 0 aliphatic rings. The van der Waals surface area contributed by atoms with Crippen molar-refractivity contribution in [2.45, 2.75) is 19.9 Å². The van der Waals surface area contributed by atoms with Gasteiger partial charge < -0.3 is 5.32 Å². The lowest BCUT2D eigenvalue weighted by atomic mass is 10.4. The van der Waals surface area contributed by atoms with Crippen molar-refractivity contribution >= 4 is 16.7 Å². The molecule has 0 radical (unpaired) electrons. The van der Waals surface area contributed by atoms with Gasteiger partial charge in [0.15, 0.2) is 0 Å². The lowest BCUT2D eigenvalue weighted by Gasteiger charge is -2.01. The van der Waals surface area contributed by atoms with Crippen LogP contribution in [-0.4, -0.2) is 19.1 Å². The molecular weight excluding hydrogens is 210 g/mol. The van der Waals surface area contributed by atoms with E-state index in [1.54, 1.807) is 6.20 Å². The van der Waals surface area contributed by atoms with Gasteiger partial charge in [0.25, 0.3) is 0 Å². The third kappa shape index (κ3) is 2.33. The Hall–Kier alpha value is -1.43. The van der Waals surface area contributed by atoms with E-state index in [0.717, 1.165) is 29.6 Å². The molecule has 6 heteroatoms. The average Bonchev–Trinajstić information content (AvgIpc) is 2.84. The van der Waals surface area contributed by atoms with Gasteiger partial charge in [-0.2, -0.15) is 9.47 Å². The number of hydrogen-bond acceptors (Lipinski definition) is 5. The summed E-state index contributed by atoms with van der Waals surface area (Å²) in [5.74, 6) is 0.896. The molecule has 0 aromatic carbocycles. The van der Waals surface area contributed by atoms with Crippen molar-refractivity contribution in [3.8, 4) is 0 Å². The van der Waals surface area contributed by atoms with Crippen LogP contribution >= 0.6 is 11.5 Å². The lowest BCUT2D eigenvalue weighted by molar-refractivity contribution is 0.720. The van der Waals surface area contributed by atoms with Crippen LogP contribution in [0.4, 0.5) is 5.13 Å². The van der Waals surface area contributed by atoms with Gasteiger partial charge in [-0.1, -0.05) is 6.92 Å². The predicted octanol–water partition coefficient (Wildman–Crippen LogP) is 1.45. The minimum atomic E-state index is 0.731. The van der Waals surface area contributed by atoms with Crippen LogP contribution < -0.4 is 5.32 Å². The van der Waals surface area contributed by atoms with E-state index in [9.17, 15) is 0 Å². The van der Waals surface area contributed by atoms with Crippen molar-refractivity contribution in [1.29, 1.82) is 0 Å². The van der Waals surface area contributed by atoms with Crippen LogP contribution in [-0.2, 0) is 20.0 Å². The molecule has 15 heavy (non-hydrogen) atoms. The maximum absolute atomic E-state index is 4.32. The predicted molar refractivity (Wildman–Crippen MR) is 59.8 cm³/mol. The van der Waals surface area contributed by atoms with Gasteiger partial charge in [-0.15, -0.1) is 0 Å². The molecule has 80 valence electrons. The smallest absolute Gasteiger partial charge is 0.202 e. The van der Waals surface area contributed by atoms with Crippen LogP contribution in [0.3, 0.4) is 0 Å². The van der Waals surface area contributed by atoms with Gasteiger partial charge in [-0.25, -0.2) is 4.98 Å². The fourth-order valence-corrected chi connectivity index (χ4v) is 1.85. The summed E-state index contributed by atoms with van der Waals surface area (Å²) in [5, 5.41) is 8.19. The van der Waals surface area contributed by atoms with Gasteiger partial charge >= 0.3 is 0 Å². The van der Waals surface area contributed by atoms with E-state index in [0.29, 0.717) is 0 Å². The Morgan fingerprint density at radius 2 is 2.40 bits per heavy atom. The molecule has 1 N–H and O–H groups in total. The number of aromatic nitrogens is 4. The van der Waals surface area contributed by atoms with Crippen LogP contribution in [0, 0.1) is 0 Å². The summed E-state index contributed by atoms with van der Waals surface area (Å²) in [4.78, 5) is 4.32. The third-order valence-corrected chi connectivity index (χ3v) is 2.84. The Morgan fingerprint density at radius 3 is 3.00 bits per heavy atom. The van der Waals surface area contributed by atoms with Gasteiger partial charge in [0.1, 0.15) is 5.82 Å². The molecule has 0 saturated carbocycles. The van der Waals surface area contributed by atoms with E-state index in [1.165, 1.54) is 11.5 Å². The van der Waals surface area contributed by atoms with E-state index in [-0.39, 0.29) is 0 Å². The van der Waals surface area contributed by atoms with Gasteiger partial charge in [0.2, 0.25) is 5.13 Å². The first-order chi connectivity index (χ1) is 7.29. The molecule has 0 aliphatic heterocycles. The van der Waals surface area contributed by atoms with E-state index >= 15 is 0 Å². The van der Waals surface area contributed by atoms with Crippen molar-refractivity contribution in [3.05, 3.63) is 23.8 Å². The highest BCUT2D eigenvalue weighted by Crippen LogP contribution is 2.12. The second kappa shape index (κ2) is 4.39. The highest BCUT2D eigenvalue weighted by molar-refractivity contribution is 7.09. The van der Waals surface area contributed by atoms with Crippen LogP contribution in [0.15, 0.2) is 12.3 Å². The van der Waals surface area contributed by atoms with Gasteiger partial charge in [0, 0.05) is 31.2 Å². The van der Waals surface area contributed by atoms with Gasteiger partial charge in [0.05, 0.1) is 12.2 Å². The minimum Gasteiger partial charge on any atom is -0.355 e. The highest BCUT2D eigenvalue weighted by atomic mass is 32.1. The van der Waals surface area contributed by atoms with Crippen molar-refractivity contribution in [2.75, 3.05) is 5.32 Å². The monoisotopic (exact) mass is 223 g/mol. The Balaban J connectivity index is 1.96. The Bertz CT molecular complexity index is 433. The third-order valence-electron chi connectivity index (χ3n) is 2.13. The summed E-state index contributed by atoms with van der Waals surface area (Å²) >= 11 is 1.40. The molecule has 2 aromatic heterocycles. The van der Waals surface area contributed by atoms with E-state index in [4.69, 9.17) is 0 Å². The molecule has 5 nitrogen and oxygen atoms in total. The molecule has 0 aliphatic carbocycles. The first kappa shape index (κ1) is 10.1. The molecular formula is C9H13N5S. The molecule has 0 saturated heterocycles. The summed E-state index contributed by atoms with van der Waals surface area (Å²) < 4.78 is 6.04. The van der Waals surface area contributed by atoms with Crippen molar-refractivity contribution in [2.24, 2.45) is 7.05 Å². The zero-order valence-corrected chi connectivity index (χ0v) is 9.58. The van der Waals surface area contributed by atoms with Crippen LogP contribution in [0.5, 0.6) is 0 Å². The van der Waals surface area contributed by atoms with Crippen LogP contribution in [0.25, 0.3) is 0 Å². The SMILES string of the molecule is CCc1nsc(NCc2ccnn2C)n1. The van der Waals surface area contributed by atoms with E-state index in [1.807, 2.05) is 24.7 Å². The summed E-state index contributed by atoms with van der Waals surface area (Å²) in [6.07, 6.45) is 2.67. The zero-order chi connectivity index (χ0) is 10.7. The molecule has 2 rings (SSSR count). The van der Waals surface area contributed by atoms with E-state index < -0.39 is 0 Å². The maximum Gasteiger partial charge on any atom is 0.202 e. The summed E-state index contributed by atoms with van der Waals surface area (Å²) in [5.41, 5.74) is 1.13. The molecule has 0 amide bonds. The summed E-state index contributed by atoms with van der Waals surface area (Å²) in [6, 6.07) is 1.98. The fraction of sp³-hybridized carbons (Fsp3) is 0.444. The number of anilines is 1. The summed E-state index contributed by atoms with van der Waals surface area (Å²) in [7, 11) is 1.93. The largest absolute Gasteiger partial charge is 0.355 e. The van der Waals surface area contributed by atoms with Crippen molar-refractivity contribution < 1.29 is 0 Å². The molecule has 0 fully saturated rings. The number of aryl methyl sites for hydroxylation is 2.